The predicted octanol–water partition coefficient (Wildman–Crippen LogP) is 9.02. The normalized spacial score (nSPS) is 28.0. The standard InChI is InChI=1S/C35H33NO/c1-3-9-29(10-4-1)34-20-27-18-28(21-34)23-35(22-27,25-34)30-14-16-31(17-15-30)36-24-26-8-7-13-33(19-26)37-32-11-5-2-6-12-32/h1-17,19,24,27-28H,18,20-23,25H2/t27-,28-,34?,35?/m1/s1. The van der Waals surface area contributed by atoms with Crippen molar-refractivity contribution >= 4 is 11.9 Å². The second-order valence-corrected chi connectivity index (χ2v) is 11.7. The van der Waals surface area contributed by atoms with Gasteiger partial charge >= 0.3 is 0 Å². The Hall–Kier alpha value is -3.65. The van der Waals surface area contributed by atoms with Crippen LogP contribution in [0.5, 0.6) is 11.5 Å². The lowest BCUT2D eigenvalue weighted by atomic mass is 9.42. The summed E-state index contributed by atoms with van der Waals surface area (Å²) in [5, 5.41) is 0. The summed E-state index contributed by atoms with van der Waals surface area (Å²) in [6.45, 7) is 0. The van der Waals surface area contributed by atoms with Gasteiger partial charge in [0.05, 0.1) is 5.69 Å². The monoisotopic (exact) mass is 483 g/mol. The first-order chi connectivity index (χ1) is 18.2. The van der Waals surface area contributed by atoms with E-state index in [0.29, 0.717) is 10.8 Å². The molecule has 0 aliphatic heterocycles. The number of ether oxygens (including phenoxy) is 1. The van der Waals surface area contributed by atoms with Gasteiger partial charge in [0.15, 0.2) is 0 Å². The number of benzene rings is 4. The summed E-state index contributed by atoms with van der Waals surface area (Å²) in [6.07, 6.45) is 10.1. The van der Waals surface area contributed by atoms with Crippen LogP contribution in [-0.4, -0.2) is 6.21 Å². The molecule has 0 unspecified atom stereocenters. The second kappa shape index (κ2) is 9.03. The maximum atomic E-state index is 5.98. The van der Waals surface area contributed by atoms with Crippen molar-refractivity contribution < 1.29 is 4.74 Å². The molecule has 4 saturated carbocycles. The second-order valence-electron chi connectivity index (χ2n) is 11.7. The molecular weight excluding hydrogens is 450 g/mol. The number of hydrogen-bond acceptors (Lipinski definition) is 2. The molecule has 2 atom stereocenters. The zero-order valence-electron chi connectivity index (χ0n) is 21.2. The number of aliphatic imine (C=N–C) groups is 1. The van der Waals surface area contributed by atoms with Crippen LogP contribution in [-0.2, 0) is 10.8 Å². The fraction of sp³-hybridized carbons (Fsp3) is 0.286. The van der Waals surface area contributed by atoms with E-state index in [0.717, 1.165) is 34.6 Å². The zero-order valence-corrected chi connectivity index (χ0v) is 21.2. The van der Waals surface area contributed by atoms with Crippen LogP contribution < -0.4 is 4.74 Å². The smallest absolute Gasteiger partial charge is 0.128 e. The molecule has 4 aliphatic rings. The van der Waals surface area contributed by atoms with E-state index in [9.17, 15) is 0 Å². The van der Waals surface area contributed by atoms with Crippen LogP contribution >= 0.6 is 0 Å². The van der Waals surface area contributed by atoms with Crippen molar-refractivity contribution in [3.05, 3.63) is 126 Å². The van der Waals surface area contributed by atoms with Crippen LogP contribution in [0.4, 0.5) is 5.69 Å². The summed E-state index contributed by atoms with van der Waals surface area (Å²) in [5.41, 5.74) is 5.83. The van der Waals surface area contributed by atoms with Gasteiger partial charge in [-0.05, 0) is 114 Å². The van der Waals surface area contributed by atoms with Crippen molar-refractivity contribution in [1.29, 1.82) is 0 Å². The average Bonchev–Trinajstić information content (AvgIpc) is 2.93. The van der Waals surface area contributed by atoms with Crippen LogP contribution in [0.25, 0.3) is 0 Å². The lowest BCUT2D eigenvalue weighted by Crippen LogP contribution is -2.55. The first-order valence-electron chi connectivity index (χ1n) is 13.7. The fourth-order valence-corrected chi connectivity index (χ4v) is 8.06. The summed E-state index contributed by atoms with van der Waals surface area (Å²) in [4.78, 5) is 4.79. The molecule has 0 radical (unpaired) electrons. The molecule has 184 valence electrons. The van der Waals surface area contributed by atoms with Crippen molar-refractivity contribution in [2.45, 2.75) is 49.4 Å². The molecule has 4 aromatic carbocycles. The Kier molecular flexibility index (Phi) is 5.50. The van der Waals surface area contributed by atoms with Gasteiger partial charge < -0.3 is 4.74 Å². The summed E-state index contributed by atoms with van der Waals surface area (Å²) in [7, 11) is 0. The number of hydrogen-bond donors (Lipinski definition) is 0. The molecule has 0 amide bonds. The van der Waals surface area contributed by atoms with Crippen LogP contribution in [0.3, 0.4) is 0 Å². The summed E-state index contributed by atoms with van der Waals surface area (Å²) >= 11 is 0. The molecule has 4 fully saturated rings. The highest BCUT2D eigenvalue weighted by molar-refractivity contribution is 5.82. The van der Waals surface area contributed by atoms with E-state index in [2.05, 4.69) is 60.7 Å². The van der Waals surface area contributed by atoms with Crippen LogP contribution in [0, 0.1) is 11.8 Å². The van der Waals surface area contributed by atoms with Crippen LogP contribution in [0.15, 0.2) is 114 Å². The minimum atomic E-state index is 0.325. The summed E-state index contributed by atoms with van der Waals surface area (Å²) in [5.74, 6) is 3.39. The van der Waals surface area contributed by atoms with Gasteiger partial charge in [0.25, 0.3) is 0 Å². The van der Waals surface area contributed by atoms with Crippen molar-refractivity contribution in [2.24, 2.45) is 16.8 Å². The van der Waals surface area contributed by atoms with Gasteiger partial charge in [-0.3, -0.25) is 4.99 Å². The largest absolute Gasteiger partial charge is 0.457 e. The molecule has 0 aromatic heterocycles. The lowest BCUT2D eigenvalue weighted by Gasteiger charge is -2.62. The van der Waals surface area contributed by atoms with Crippen LogP contribution in [0.1, 0.15) is 55.2 Å². The van der Waals surface area contributed by atoms with Gasteiger partial charge in [-0.15, -0.1) is 0 Å². The van der Waals surface area contributed by atoms with Gasteiger partial charge in [-0.25, -0.2) is 0 Å². The first kappa shape index (κ1) is 22.5. The molecule has 0 heterocycles. The molecule has 4 aliphatic carbocycles. The summed E-state index contributed by atoms with van der Waals surface area (Å²) < 4.78 is 5.98. The van der Waals surface area contributed by atoms with Crippen LogP contribution in [0.2, 0.25) is 0 Å². The van der Waals surface area contributed by atoms with E-state index < -0.39 is 0 Å². The fourth-order valence-electron chi connectivity index (χ4n) is 8.06. The molecular formula is C35H33NO. The Morgan fingerprint density at radius 1 is 0.622 bits per heavy atom. The third kappa shape index (κ3) is 4.29. The van der Waals surface area contributed by atoms with Gasteiger partial charge in [0.2, 0.25) is 0 Å². The van der Waals surface area contributed by atoms with Crippen molar-refractivity contribution in [3.63, 3.8) is 0 Å². The third-order valence-corrected chi connectivity index (χ3v) is 9.13. The molecule has 37 heavy (non-hydrogen) atoms. The Morgan fingerprint density at radius 2 is 1.22 bits per heavy atom. The molecule has 8 rings (SSSR count). The van der Waals surface area contributed by atoms with E-state index in [1.807, 2.05) is 54.7 Å². The Morgan fingerprint density at radius 3 is 1.89 bits per heavy atom. The minimum absolute atomic E-state index is 0.325. The highest BCUT2D eigenvalue weighted by Gasteiger charge is 2.58. The van der Waals surface area contributed by atoms with Crippen molar-refractivity contribution in [1.82, 2.24) is 0 Å². The Labute approximate surface area is 220 Å². The molecule has 2 nitrogen and oxygen atoms in total. The lowest BCUT2D eigenvalue weighted by molar-refractivity contribution is -0.0281. The molecule has 0 spiro atoms. The van der Waals surface area contributed by atoms with Gasteiger partial charge in [0, 0.05) is 6.21 Å². The van der Waals surface area contributed by atoms with E-state index in [1.54, 1.807) is 5.56 Å². The maximum absolute atomic E-state index is 5.98. The number of nitrogens with zero attached hydrogens (tertiary/aromatic N) is 1. The molecule has 0 saturated heterocycles. The number of para-hydroxylation sites is 1. The van der Waals surface area contributed by atoms with E-state index in [4.69, 9.17) is 9.73 Å². The van der Waals surface area contributed by atoms with Gasteiger partial charge in [0.1, 0.15) is 11.5 Å². The SMILES string of the molecule is C(=Nc1ccc(C23C[C@@H]4C[C@H](CC(c5ccccc5)(C4)C2)C3)cc1)c1cccc(Oc2ccccc2)c1. The number of rotatable bonds is 6. The van der Waals surface area contributed by atoms with Crippen molar-refractivity contribution in [2.75, 3.05) is 0 Å². The Balaban J connectivity index is 1.10. The van der Waals surface area contributed by atoms with Gasteiger partial charge in [-0.2, -0.15) is 0 Å². The first-order valence-corrected chi connectivity index (χ1v) is 13.7. The highest BCUT2D eigenvalue weighted by Crippen LogP contribution is 2.66. The molecule has 0 N–H and O–H groups in total. The highest BCUT2D eigenvalue weighted by atomic mass is 16.5. The Bertz CT molecular complexity index is 1390. The van der Waals surface area contributed by atoms with E-state index >= 15 is 0 Å². The van der Waals surface area contributed by atoms with E-state index in [1.165, 1.54) is 44.1 Å². The molecule has 4 aromatic rings. The topological polar surface area (TPSA) is 21.6 Å². The van der Waals surface area contributed by atoms with Crippen molar-refractivity contribution in [3.8, 4) is 11.5 Å². The quantitative estimate of drug-likeness (QED) is 0.251. The van der Waals surface area contributed by atoms with E-state index in [-0.39, 0.29) is 0 Å². The molecule has 2 heteroatoms. The summed E-state index contributed by atoms with van der Waals surface area (Å²) in [6, 6.07) is 38.5. The predicted molar refractivity (Wildman–Crippen MR) is 151 cm³/mol. The minimum Gasteiger partial charge on any atom is -0.457 e. The zero-order chi connectivity index (χ0) is 24.7. The maximum Gasteiger partial charge on any atom is 0.128 e. The third-order valence-electron chi connectivity index (χ3n) is 9.13. The van der Waals surface area contributed by atoms with Gasteiger partial charge in [-0.1, -0.05) is 72.8 Å². The molecule has 4 bridgehead atoms. The average molecular weight is 484 g/mol.